The Morgan fingerprint density at radius 2 is 2.04 bits per heavy atom. The van der Waals surface area contributed by atoms with Crippen LogP contribution < -0.4 is 5.32 Å². The van der Waals surface area contributed by atoms with Crippen LogP contribution in [0.1, 0.15) is 31.1 Å². The van der Waals surface area contributed by atoms with Crippen molar-refractivity contribution < 1.29 is 14.3 Å². The van der Waals surface area contributed by atoms with E-state index in [0.717, 1.165) is 45.1 Å². The molecule has 0 aromatic heterocycles. The van der Waals surface area contributed by atoms with Crippen LogP contribution in [0.2, 0.25) is 5.02 Å². The minimum Gasteiger partial charge on any atom is -0.456 e. The van der Waals surface area contributed by atoms with Gasteiger partial charge in [0.1, 0.15) is 5.60 Å². The van der Waals surface area contributed by atoms with E-state index < -0.39 is 5.60 Å². The Balaban J connectivity index is 1.87. The number of carbonyl (C=O) groups excluding carboxylic acids is 1. The average Bonchev–Trinajstić information content (AvgIpc) is 2.48. The molecule has 0 unspecified atom stereocenters. The van der Waals surface area contributed by atoms with Crippen LogP contribution in [-0.4, -0.2) is 55.9 Å². The van der Waals surface area contributed by atoms with Gasteiger partial charge in [-0.15, -0.1) is 0 Å². The van der Waals surface area contributed by atoms with Crippen LogP contribution in [-0.2, 0) is 9.47 Å². The maximum absolute atomic E-state index is 12.0. The summed E-state index contributed by atoms with van der Waals surface area (Å²) in [6.07, 6.45) is 0. The lowest BCUT2D eigenvalue weighted by Gasteiger charge is -2.26. The molecule has 0 amide bonds. The monoisotopic (exact) mass is 340 g/mol. The second kappa shape index (κ2) is 7.99. The molecule has 6 heteroatoms. The topological polar surface area (TPSA) is 50.8 Å². The van der Waals surface area contributed by atoms with Gasteiger partial charge in [0, 0.05) is 26.2 Å². The molecule has 0 bridgehead atoms. The number of benzene rings is 1. The largest absolute Gasteiger partial charge is 0.456 e. The van der Waals surface area contributed by atoms with E-state index in [1.165, 1.54) is 0 Å². The normalized spacial score (nSPS) is 16.2. The minimum absolute atomic E-state index is 0.362. The van der Waals surface area contributed by atoms with Gasteiger partial charge >= 0.3 is 5.97 Å². The fraction of sp³-hybridized carbons (Fsp3) is 0.588. The lowest BCUT2D eigenvalue weighted by molar-refractivity contribution is 0.00695. The molecule has 1 aromatic rings. The summed E-state index contributed by atoms with van der Waals surface area (Å²) < 4.78 is 10.7. The summed E-state index contributed by atoms with van der Waals surface area (Å²) in [6, 6.07) is 5.20. The SMILES string of the molecule is CC(C)(C)OC(=O)c1ccc(NCCN2CCOCC2)c(Cl)c1. The summed E-state index contributed by atoms with van der Waals surface area (Å²) in [5.41, 5.74) is 0.773. The molecule has 0 saturated carbocycles. The number of morpholine rings is 1. The van der Waals surface area contributed by atoms with Crippen LogP contribution in [0, 0.1) is 0 Å². The molecular weight excluding hydrogens is 316 g/mol. The molecule has 2 rings (SSSR count). The van der Waals surface area contributed by atoms with Gasteiger partial charge in [-0.25, -0.2) is 4.79 Å². The maximum atomic E-state index is 12.0. The number of carbonyl (C=O) groups is 1. The van der Waals surface area contributed by atoms with Crippen molar-refractivity contribution in [2.75, 3.05) is 44.7 Å². The van der Waals surface area contributed by atoms with E-state index in [1.807, 2.05) is 26.8 Å². The smallest absolute Gasteiger partial charge is 0.338 e. The summed E-state index contributed by atoms with van der Waals surface area (Å²) >= 11 is 6.26. The highest BCUT2D eigenvalue weighted by Crippen LogP contribution is 2.24. The minimum atomic E-state index is -0.515. The Hall–Kier alpha value is -1.30. The molecule has 128 valence electrons. The summed E-state index contributed by atoms with van der Waals surface area (Å²) in [5.74, 6) is -0.362. The third-order valence-electron chi connectivity index (χ3n) is 3.45. The summed E-state index contributed by atoms with van der Waals surface area (Å²) in [7, 11) is 0. The molecule has 1 heterocycles. The van der Waals surface area contributed by atoms with E-state index in [-0.39, 0.29) is 5.97 Å². The fourth-order valence-corrected chi connectivity index (χ4v) is 2.54. The number of hydrogen-bond donors (Lipinski definition) is 1. The molecule has 1 aliphatic rings. The van der Waals surface area contributed by atoms with Gasteiger partial charge < -0.3 is 14.8 Å². The Bertz CT molecular complexity index is 537. The summed E-state index contributed by atoms with van der Waals surface area (Å²) in [5, 5.41) is 3.83. The number of nitrogens with one attached hydrogen (secondary N) is 1. The highest BCUT2D eigenvalue weighted by Gasteiger charge is 2.18. The fourth-order valence-electron chi connectivity index (χ4n) is 2.30. The third-order valence-corrected chi connectivity index (χ3v) is 3.76. The van der Waals surface area contributed by atoms with Gasteiger partial charge in [-0.2, -0.15) is 0 Å². The maximum Gasteiger partial charge on any atom is 0.338 e. The van der Waals surface area contributed by atoms with Gasteiger partial charge in [-0.3, -0.25) is 4.90 Å². The standard InChI is InChI=1S/C17H25ClN2O3/c1-17(2,3)23-16(21)13-4-5-15(14(18)12-13)19-6-7-20-8-10-22-11-9-20/h4-5,12,19H,6-11H2,1-3H3. The Labute approximate surface area is 142 Å². The molecule has 1 fully saturated rings. The number of nitrogens with zero attached hydrogens (tertiary/aromatic N) is 1. The van der Waals surface area contributed by atoms with Gasteiger partial charge in [0.15, 0.2) is 0 Å². The molecule has 1 saturated heterocycles. The van der Waals surface area contributed by atoms with Crippen LogP contribution in [0.15, 0.2) is 18.2 Å². The Morgan fingerprint density at radius 3 is 2.65 bits per heavy atom. The van der Waals surface area contributed by atoms with Crippen molar-refractivity contribution in [2.24, 2.45) is 0 Å². The van der Waals surface area contributed by atoms with E-state index in [4.69, 9.17) is 21.1 Å². The van der Waals surface area contributed by atoms with Gasteiger partial charge in [0.25, 0.3) is 0 Å². The molecule has 5 nitrogen and oxygen atoms in total. The zero-order valence-electron chi connectivity index (χ0n) is 14.0. The number of hydrogen-bond acceptors (Lipinski definition) is 5. The molecule has 23 heavy (non-hydrogen) atoms. The van der Waals surface area contributed by atoms with Crippen LogP contribution in [0.25, 0.3) is 0 Å². The zero-order valence-corrected chi connectivity index (χ0v) is 14.8. The number of rotatable bonds is 5. The number of ether oxygens (including phenoxy) is 2. The molecule has 1 aromatic carbocycles. The zero-order chi connectivity index (χ0) is 16.9. The predicted molar refractivity (Wildman–Crippen MR) is 92.4 cm³/mol. The van der Waals surface area contributed by atoms with E-state index >= 15 is 0 Å². The first-order valence-electron chi connectivity index (χ1n) is 7.92. The predicted octanol–water partition coefficient (Wildman–Crippen LogP) is 3.04. The molecule has 0 radical (unpaired) electrons. The van der Waals surface area contributed by atoms with E-state index in [1.54, 1.807) is 12.1 Å². The van der Waals surface area contributed by atoms with Gasteiger partial charge in [-0.1, -0.05) is 11.6 Å². The van der Waals surface area contributed by atoms with Crippen molar-refractivity contribution in [3.05, 3.63) is 28.8 Å². The Kier molecular flexibility index (Phi) is 6.27. The quantitative estimate of drug-likeness (QED) is 0.835. The second-order valence-corrected chi connectivity index (χ2v) is 6.98. The summed E-state index contributed by atoms with van der Waals surface area (Å²) in [6.45, 7) is 10.8. The Morgan fingerprint density at radius 1 is 1.35 bits per heavy atom. The lowest BCUT2D eigenvalue weighted by atomic mass is 10.1. The highest BCUT2D eigenvalue weighted by atomic mass is 35.5. The number of halogens is 1. The first-order chi connectivity index (χ1) is 10.8. The number of esters is 1. The first kappa shape index (κ1) is 18.0. The van der Waals surface area contributed by atoms with Crippen LogP contribution >= 0.6 is 11.6 Å². The summed E-state index contributed by atoms with van der Waals surface area (Å²) in [4.78, 5) is 14.4. The van der Waals surface area contributed by atoms with Crippen LogP contribution in [0.3, 0.4) is 0 Å². The molecule has 1 N–H and O–H groups in total. The molecular formula is C17H25ClN2O3. The second-order valence-electron chi connectivity index (χ2n) is 6.58. The van der Waals surface area contributed by atoms with Crippen LogP contribution in [0.4, 0.5) is 5.69 Å². The van der Waals surface area contributed by atoms with Gasteiger partial charge in [-0.05, 0) is 39.0 Å². The first-order valence-corrected chi connectivity index (χ1v) is 8.30. The van der Waals surface area contributed by atoms with E-state index in [0.29, 0.717) is 10.6 Å². The number of anilines is 1. The van der Waals surface area contributed by atoms with Crippen molar-refractivity contribution in [1.29, 1.82) is 0 Å². The van der Waals surface area contributed by atoms with Crippen molar-refractivity contribution in [3.63, 3.8) is 0 Å². The van der Waals surface area contributed by atoms with Crippen molar-refractivity contribution in [1.82, 2.24) is 4.90 Å². The molecule has 0 atom stereocenters. The van der Waals surface area contributed by atoms with Crippen LogP contribution in [0.5, 0.6) is 0 Å². The van der Waals surface area contributed by atoms with Crippen molar-refractivity contribution >= 4 is 23.3 Å². The highest BCUT2D eigenvalue weighted by molar-refractivity contribution is 6.33. The molecule has 0 spiro atoms. The third kappa shape index (κ3) is 6.01. The molecule has 0 aliphatic carbocycles. The van der Waals surface area contributed by atoms with Gasteiger partial charge in [0.2, 0.25) is 0 Å². The lowest BCUT2D eigenvalue weighted by Crippen LogP contribution is -2.39. The van der Waals surface area contributed by atoms with E-state index in [9.17, 15) is 4.79 Å². The molecule has 1 aliphatic heterocycles. The van der Waals surface area contributed by atoms with Crippen molar-refractivity contribution in [3.8, 4) is 0 Å². The average molecular weight is 341 g/mol. The van der Waals surface area contributed by atoms with E-state index in [2.05, 4.69) is 10.2 Å². The van der Waals surface area contributed by atoms with Gasteiger partial charge in [0.05, 0.1) is 29.5 Å². The van der Waals surface area contributed by atoms with Crippen molar-refractivity contribution in [2.45, 2.75) is 26.4 Å².